The van der Waals surface area contributed by atoms with Gasteiger partial charge in [0.15, 0.2) is 0 Å². The number of benzene rings is 1. The molecule has 0 saturated carbocycles. The Bertz CT molecular complexity index is 453. The normalized spacial score (nSPS) is 19.9. The highest BCUT2D eigenvalue weighted by atomic mass is 35.5. The summed E-state index contributed by atoms with van der Waals surface area (Å²) in [5, 5.41) is 9.57. The van der Waals surface area contributed by atoms with E-state index in [-0.39, 0.29) is 11.9 Å². The number of carbonyl (C=O) groups is 1. The summed E-state index contributed by atoms with van der Waals surface area (Å²) in [7, 11) is 0. The van der Waals surface area contributed by atoms with Crippen LogP contribution in [0.25, 0.3) is 0 Å². The predicted molar refractivity (Wildman–Crippen MR) is 60.6 cm³/mol. The van der Waals surface area contributed by atoms with Gasteiger partial charge in [0.05, 0.1) is 6.07 Å². The summed E-state index contributed by atoms with van der Waals surface area (Å²) < 4.78 is 0. The first-order valence-corrected chi connectivity index (χ1v) is 5.52. The molecule has 0 radical (unpaired) electrons. The Hall–Kier alpha value is -1.53. The fourth-order valence-electron chi connectivity index (χ4n) is 1.90. The van der Waals surface area contributed by atoms with Gasteiger partial charge in [-0.1, -0.05) is 23.7 Å². The highest BCUT2D eigenvalue weighted by Gasteiger charge is 2.30. The molecule has 16 heavy (non-hydrogen) atoms. The molecule has 2 rings (SSSR count). The maximum absolute atomic E-state index is 11.6. The van der Waals surface area contributed by atoms with Gasteiger partial charge in [-0.3, -0.25) is 4.79 Å². The fourth-order valence-corrected chi connectivity index (χ4v) is 2.11. The van der Waals surface area contributed by atoms with Crippen molar-refractivity contribution in [1.29, 1.82) is 5.26 Å². The Morgan fingerprint density at radius 1 is 1.56 bits per heavy atom. The molecule has 0 N–H and O–H groups in total. The molecule has 1 unspecified atom stereocenters. The molecule has 1 aromatic carbocycles. The van der Waals surface area contributed by atoms with Gasteiger partial charge in [-0.15, -0.1) is 0 Å². The van der Waals surface area contributed by atoms with Crippen LogP contribution < -0.4 is 0 Å². The zero-order chi connectivity index (χ0) is 11.5. The van der Waals surface area contributed by atoms with Crippen molar-refractivity contribution in [2.45, 2.75) is 25.4 Å². The minimum atomic E-state index is -0.286. The molecule has 0 aromatic heterocycles. The SMILES string of the molecule is N#CC1CCC(=O)N1Cc1cccc(Cl)c1. The third-order valence-corrected chi connectivity index (χ3v) is 2.95. The van der Waals surface area contributed by atoms with E-state index in [1.54, 1.807) is 11.0 Å². The molecule has 1 aliphatic rings. The van der Waals surface area contributed by atoms with E-state index in [0.29, 0.717) is 24.4 Å². The molecule has 0 bridgehead atoms. The van der Waals surface area contributed by atoms with Gasteiger partial charge in [0.25, 0.3) is 0 Å². The maximum Gasteiger partial charge on any atom is 0.224 e. The zero-order valence-electron chi connectivity index (χ0n) is 8.69. The van der Waals surface area contributed by atoms with Crippen molar-refractivity contribution in [2.24, 2.45) is 0 Å². The summed E-state index contributed by atoms with van der Waals surface area (Å²) in [5.41, 5.74) is 0.961. The van der Waals surface area contributed by atoms with Gasteiger partial charge < -0.3 is 4.90 Å². The lowest BCUT2D eigenvalue weighted by Gasteiger charge is -2.19. The molecule has 0 spiro atoms. The van der Waals surface area contributed by atoms with E-state index in [0.717, 1.165) is 5.56 Å². The maximum atomic E-state index is 11.6. The van der Waals surface area contributed by atoms with E-state index in [4.69, 9.17) is 16.9 Å². The van der Waals surface area contributed by atoms with Crippen LogP contribution in [-0.2, 0) is 11.3 Å². The topological polar surface area (TPSA) is 44.1 Å². The summed E-state index contributed by atoms with van der Waals surface area (Å²) in [4.78, 5) is 13.2. The zero-order valence-corrected chi connectivity index (χ0v) is 9.44. The number of amides is 1. The largest absolute Gasteiger partial charge is 0.322 e. The molecule has 4 heteroatoms. The third-order valence-electron chi connectivity index (χ3n) is 2.72. The minimum Gasteiger partial charge on any atom is -0.322 e. The Kier molecular flexibility index (Phi) is 3.12. The molecule has 82 valence electrons. The number of rotatable bonds is 2. The molecule has 1 aliphatic heterocycles. The highest BCUT2D eigenvalue weighted by Crippen LogP contribution is 2.21. The number of likely N-dealkylation sites (tertiary alicyclic amines) is 1. The first kappa shape index (κ1) is 11.0. The molecule has 0 aliphatic carbocycles. The molecule has 1 amide bonds. The number of halogens is 1. The summed E-state index contributed by atoms with van der Waals surface area (Å²) in [5.74, 6) is 0.0477. The second kappa shape index (κ2) is 4.54. The minimum absolute atomic E-state index is 0.0477. The molecule has 1 aromatic rings. The lowest BCUT2D eigenvalue weighted by molar-refractivity contribution is -0.128. The summed E-state index contributed by atoms with van der Waals surface area (Å²) in [6.45, 7) is 0.470. The monoisotopic (exact) mass is 234 g/mol. The van der Waals surface area contributed by atoms with Crippen molar-refractivity contribution in [1.82, 2.24) is 4.90 Å². The lowest BCUT2D eigenvalue weighted by Crippen LogP contribution is -2.31. The van der Waals surface area contributed by atoms with Crippen molar-refractivity contribution in [3.63, 3.8) is 0 Å². The van der Waals surface area contributed by atoms with Crippen molar-refractivity contribution in [3.05, 3.63) is 34.9 Å². The van der Waals surface area contributed by atoms with Gasteiger partial charge in [-0.25, -0.2) is 0 Å². The Morgan fingerprint density at radius 2 is 2.38 bits per heavy atom. The van der Waals surface area contributed by atoms with Crippen molar-refractivity contribution >= 4 is 17.5 Å². The van der Waals surface area contributed by atoms with Crippen LogP contribution in [0.15, 0.2) is 24.3 Å². The van der Waals surface area contributed by atoms with Gasteiger partial charge in [-0.2, -0.15) is 5.26 Å². The Balaban J connectivity index is 2.15. The van der Waals surface area contributed by atoms with Gasteiger partial charge in [-0.05, 0) is 24.1 Å². The first-order valence-electron chi connectivity index (χ1n) is 5.14. The van der Waals surface area contributed by atoms with E-state index >= 15 is 0 Å². The quantitative estimate of drug-likeness (QED) is 0.789. The molecule has 3 nitrogen and oxygen atoms in total. The van der Waals surface area contributed by atoms with Gasteiger partial charge in [0, 0.05) is 18.0 Å². The second-order valence-electron chi connectivity index (χ2n) is 3.84. The van der Waals surface area contributed by atoms with E-state index in [2.05, 4.69) is 6.07 Å². The first-order chi connectivity index (χ1) is 7.70. The number of nitriles is 1. The molecule has 1 saturated heterocycles. The molecular weight excluding hydrogens is 224 g/mol. The van der Waals surface area contributed by atoms with Crippen LogP contribution in [0.5, 0.6) is 0 Å². The predicted octanol–water partition coefficient (Wildman–Crippen LogP) is 2.35. The van der Waals surface area contributed by atoms with Crippen molar-refractivity contribution < 1.29 is 4.79 Å². The summed E-state index contributed by atoms with van der Waals surface area (Å²) in [6, 6.07) is 9.23. The molecule has 1 fully saturated rings. The Labute approximate surface area is 99.2 Å². The third kappa shape index (κ3) is 2.17. The van der Waals surface area contributed by atoms with Gasteiger partial charge in [0.1, 0.15) is 6.04 Å². The van der Waals surface area contributed by atoms with Crippen LogP contribution in [0, 0.1) is 11.3 Å². The Morgan fingerprint density at radius 3 is 3.06 bits per heavy atom. The van der Waals surface area contributed by atoms with Crippen LogP contribution in [-0.4, -0.2) is 16.8 Å². The second-order valence-corrected chi connectivity index (χ2v) is 4.27. The molecular formula is C12H11ClN2O. The number of hydrogen-bond acceptors (Lipinski definition) is 2. The van der Waals surface area contributed by atoms with Crippen LogP contribution in [0.2, 0.25) is 5.02 Å². The molecule has 1 atom stereocenters. The number of nitrogens with zero attached hydrogens (tertiary/aromatic N) is 2. The van der Waals surface area contributed by atoms with Crippen molar-refractivity contribution in [3.8, 4) is 6.07 Å². The lowest BCUT2D eigenvalue weighted by atomic mass is 10.2. The number of hydrogen-bond donors (Lipinski definition) is 0. The smallest absolute Gasteiger partial charge is 0.224 e. The molecule has 1 heterocycles. The summed E-state index contributed by atoms with van der Waals surface area (Å²) >= 11 is 5.87. The van der Waals surface area contributed by atoms with Crippen LogP contribution >= 0.6 is 11.6 Å². The summed E-state index contributed by atoms with van der Waals surface area (Å²) in [6.07, 6.45) is 1.11. The fraction of sp³-hybridized carbons (Fsp3) is 0.333. The van der Waals surface area contributed by atoms with Gasteiger partial charge in [0.2, 0.25) is 5.91 Å². The standard InChI is InChI=1S/C12H11ClN2O/c13-10-3-1-2-9(6-10)8-15-11(7-14)4-5-12(15)16/h1-3,6,11H,4-5,8H2. The average molecular weight is 235 g/mol. The van der Waals surface area contributed by atoms with Crippen LogP contribution in [0.4, 0.5) is 0 Å². The van der Waals surface area contributed by atoms with Gasteiger partial charge >= 0.3 is 0 Å². The van der Waals surface area contributed by atoms with Crippen molar-refractivity contribution in [2.75, 3.05) is 0 Å². The van der Waals surface area contributed by atoms with E-state index in [9.17, 15) is 4.79 Å². The number of carbonyl (C=O) groups excluding carboxylic acids is 1. The highest BCUT2D eigenvalue weighted by molar-refractivity contribution is 6.30. The van der Waals surface area contributed by atoms with E-state index in [1.807, 2.05) is 18.2 Å². The van der Waals surface area contributed by atoms with Crippen LogP contribution in [0.1, 0.15) is 18.4 Å². The average Bonchev–Trinajstić information content (AvgIpc) is 2.60. The van der Waals surface area contributed by atoms with E-state index < -0.39 is 0 Å². The van der Waals surface area contributed by atoms with E-state index in [1.165, 1.54) is 0 Å². The van der Waals surface area contributed by atoms with Crippen LogP contribution in [0.3, 0.4) is 0 Å².